The van der Waals surface area contributed by atoms with Crippen molar-refractivity contribution in [2.75, 3.05) is 25.5 Å². The van der Waals surface area contributed by atoms with Gasteiger partial charge < -0.3 is 10.2 Å². The van der Waals surface area contributed by atoms with Crippen LogP contribution in [0.2, 0.25) is 0 Å². The summed E-state index contributed by atoms with van der Waals surface area (Å²) < 4.78 is 0. The summed E-state index contributed by atoms with van der Waals surface area (Å²) in [4.78, 5) is 14.7. The van der Waals surface area contributed by atoms with Crippen molar-refractivity contribution in [1.82, 2.24) is 5.32 Å². The molecule has 24 heavy (non-hydrogen) atoms. The van der Waals surface area contributed by atoms with E-state index < -0.39 is 0 Å². The summed E-state index contributed by atoms with van der Waals surface area (Å²) in [5.41, 5.74) is 2.02. The van der Waals surface area contributed by atoms with Crippen LogP contribution in [0.4, 0.5) is 5.69 Å². The molecule has 1 N–H and O–H groups in total. The molecule has 4 heteroatoms. The fraction of sp³-hybridized carbons (Fsp3) is 0.450. The Morgan fingerprint density at radius 3 is 2.54 bits per heavy atom. The number of carbonyl (C=O) groups is 1. The summed E-state index contributed by atoms with van der Waals surface area (Å²) >= 11 is 0. The number of hydrogen-bond donors (Lipinski definition) is 1. The molecule has 1 unspecified atom stereocenters. The zero-order valence-corrected chi connectivity index (χ0v) is 15.3. The van der Waals surface area contributed by atoms with Crippen molar-refractivity contribution in [3.63, 3.8) is 0 Å². The lowest BCUT2D eigenvalue weighted by molar-refractivity contribution is -0.121. The minimum Gasteiger partial charge on any atom is -0.320 e. The molecule has 0 bridgehead atoms. The van der Waals surface area contributed by atoms with Crippen LogP contribution in [0.3, 0.4) is 0 Å². The molecule has 0 aromatic heterocycles. The lowest BCUT2D eigenvalue weighted by atomic mass is 9.92. The lowest BCUT2D eigenvalue weighted by Crippen LogP contribution is -2.33. The summed E-state index contributed by atoms with van der Waals surface area (Å²) in [6.07, 6.45) is 7.95. The van der Waals surface area contributed by atoms with Crippen molar-refractivity contribution in [1.29, 1.82) is 0 Å². The van der Waals surface area contributed by atoms with Crippen LogP contribution in [0.5, 0.6) is 0 Å². The molecule has 3 radical (unpaired) electrons. The van der Waals surface area contributed by atoms with Gasteiger partial charge in [0.2, 0.25) is 5.91 Å². The van der Waals surface area contributed by atoms with Crippen LogP contribution in [-0.2, 0) is 4.79 Å². The number of amides is 1. The zero-order chi connectivity index (χ0) is 17.1. The molecular weight excluding hydrogens is 295 g/mol. The Balaban J connectivity index is 0. The molecule has 3 nitrogen and oxygen atoms in total. The first-order valence-electron chi connectivity index (χ1n) is 8.38. The Morgan fingerprint density at radius 2 is 1.96 bits per heavy atom. The third kappa shape index (κ3) is 7.18. The quantitative estimate of drug-likeness (QED) is 0.399. The normalized spacial score (nSPS) is 12.2. The van der Waals surface area contributed by atoms with Gasteiger partial charge in [-0.25, -0.2) is 0 Å². The van der Waals surface area contributed by atoms with Gasteiger partial charge in [0.15, 0.2) is 0 Å². The first-order valence-corrected chi connectivity index (χ1v) is 8.38. The fourth-order valence-electron chi connectivity index (χ4n) is 2.69. The van der Waals surface area contributed by atoms with Crippen LogP contribution in [0.25, 0.3) is 0 Å². The van der Waals surface area contributed by atoms with E-state index in [4.69, 9.17) is 0 Å². The fourth-order valence-corrected chi connectivity index (χ4v) is 2.69. The number of para-hydroxylation sites is 1. The zero-order valence-electron chi connectivity index (χ0n) is 15.3. The number of carbonyl (C=O) groups excluding carboxylic acids is 1. The molecule has 0 aliphatic heterocycles. The summed E-state index contributed by atoms with van der Waals surface area (Å²) in [6, 6.07) is 9.81. The molecule has 0 aliphatic rings. The smallest absolute Gasteiger partial charge is 0.233 e. The van der Waals surface area contributed by atoms with Gasteiger partial charge in [-0.3, -0.25) is 4.79 Å². The van der Waals surface area contributed by atoms with E-state index in [1.165, 1.54) is 0 Å². The van der Waals surface area contributed by atoms with Crippen molar-refractivity contribution >= 4 is 20.0 Å². The van der Waals surface area contributed by atoms with Crippen molar-refractivity contribution in [2.45, 2.75) is 32.6 Å². The molecule has 131 valence electrons. The Kier molecular flexibility index (Phi) is 11.6. The van der Waals surface area contributed by atoms with E-state index in [0.29, 0.717) is 0 Å². The van der Waals surface area contributed by atoms with Crippen molar-refractivity contribution in [3.05, 3.63) is 54.6 Å². The molecule has 1 atom stereocenters. The molecule has 1 aromatic rings. The molecule has 1 amide bonds. The first kappa shape index (κ1) is 22.2. The molecule has 0 aliphatic carbocycles. The molecule has 0 spiro atoms. The maximum Gasteiger partial charge on any atom is 0.233 e. The second kappa shape index (κ2) is 12.6. The van der Waals surface area contributed by atoms with E-state index in [0.717, 1.165) is 43.5 Å². The summed E-state index contributed by atoms with van der Waals surface area (Å²) in [6.45, 7) is 6.81. The van der Waals surface area contributed by atoms with Gasteiger partial charge in [-0.1, -0.05) is 55.3 Å². The highest BCUT2D eigenvalue weighted by Gasteiger charge is 2.23. The number of unbranched alkanes of at least 4 members (excludes halogenated alkanes) is 2. The third-order valence-corrected chi connectivity index (χ3v) is 4.12. The number of anilines is 1. The molecule has 1 rings (SSSR count). The van der Waals surface area contributed by atoms with Crippen LogP contribution in [-0.4, -0.2) is 35.0 Å². The predicted octanol–water partition coefficient (Wildman–Crippen LogP) is 4.04. The van der Waals surface area contributed by atoms with Crippen molar-refractivity contribution in [2.24, 2.45) is 5.92 Å². The van der Waals surface area contributed by atoms with Gasteiger partial charge in [0.1, 0.15) is 0 Å². The summed E-state index contributed by atoms with van der Waals surface area (Å²) in [5, 5.41) is 3.16. The van der Waals surface area contributed by atoms with Gasteiger partial charge in [-0.2, -0.15) is 0 Å². The number of benzene rings is 1. The molecule has 0 fully saturated rings. The van der Waals surface area contributed by atoms with E-state index in [9.17, 15) is 4.79 Å². The molecule has 0 heterocycles. The van der Waals surface area contributed by atoms with Crippen LogP contribution in [0.15, 0.2) is 54.6 Å². The number of allylic oxidation sites excluding steroid dienone is 2. The predicted molar refractivity (Wildman–Crippen MR) is 108 cm³/mol. The van der Waals surface area contributed by atoms with Gasteiger partial charge in [-0.15, -0.1) is 0 Å². The van der Waals surface area contributed by atoms with E-state index in [1.807, 2.05) is 57.4 Å². The second-order valence-electron chi connectivity index (χ2n) is 5.88. The van der Waals surface area contributed by atoms with Gasteiger partial charge in [0, 0.05) is 22.6 Å². The number of nitrogens with zero attached hydrogens (tertiary/aromatic N) is 1. The van der Waals surface area contributed by atoms with Crippen molar-refractivity contribution < 1.29 is 6.22 Å². The topological polar surface area (TPSA) is 32.3 Å². The summed E-state index contributed by atoms with van der Waals surface area (Å²) in [7, 11) is 3.82. The minimum atomic E-state index is -0.0761. The molecule has 0 saturated heterocycles. The number of rotatable bonds is 10. The Bertz CT molecular complexity index is 520. The summed E-state index contributed by atoms with van der Waals surface area (Å²) in [5.74, 6) is 0.0770. The largest absolute Gasteiger partial charge is 0.320 e. The highest BCUT2D eigenvalue weighted by atomic mass is 16.2. The average molecular weight is 327 g/mol. The molecule has 0 saturated carbocycles. The molecular formula is C20H32BN2O. The van der Waals surface area contributed by atoms with E-state index in [1.54, 1.807) is 11.0 Å². The number of nitrogens with one attached hydrogen (secondary N) is 1. The van der Waals surface area contributed by atoms with E-state index in [2.05, 4.69) is 11.9 Å². The maximum absolute atomic E-state index is 12.9. The van der Waals surface area contributed by atoms with Crippen LogP contribution in [0, 0.1) is 5.92 Å². The highest BCUT2D eigenvalue weighted by Crippen LogP contribution is 2.24. The lowest BCUT2D eigenvalue weighted by Gasteiger charge is -2.24. The maximum atomic E-state index is 12.9. The van der Waals surface area contributed by atoms with Gasteiger partial charge in [-0.05, 0) is 45.5 Å². The Hall–Kier alpha value is -1.81. The van der Waals surface area contributed by atoms with Crippen LogP contribution < -0.4 is 10.2 Å². The standard InChI is InChI=1S/C20H30N2O.B.H2/c1-5-12-17(2)19(15-10-7-11-16-21-3)20(23)22(4)18-13-8-6-9-14-18;;/h5-6,8-9,12-14,19,21H,1,7,10-11,15-16H2,2-4H3;;1H/b17-12-;;. The first-order chi connectivity index (χ1) is 11.1. The van der Waals surface area contributed by atoms with Gasteiger partial charge in [0.25, 0.3) is 0 Å². The minimum absolute atomic E-state index is 0. The highest BCUT2D eigenvalue weighted by molar-refractivity contribution is 5.96. The van der Waals surface area contributed by atoms with Gasteiger partial charge in [0.05, 0.1) is 5.92 Å². The Morgan fingerprint density at radius 1 is 1.29 bits per heavy atom. The average Bonchev–Trinajstić information content (AvgIpc) is 2.58. The SMILES string of the molecule is C=C/C=C(/C)C(CCCCCNC)C(=O)N(C)c1ccccc1.[B].[HH]. The van der Waals surface area contributed by atoms with Crippen LogP contribution in [0.1, 0.15) is 34.0 Å². The monoisotopic (exact) mass is 327 g/mol. The second-order valence-corrected chi connectivity index (χ2v) is 5.88. The molecule has 1 aromatic carbocycles. The van der Waals surface area contributed by atoms with E-state index in [-0.39, 0.29) is 21.7 Å². The van der Waals surface area contributed by atoms with Crippen molar-refractivity contribution in [3.8, 4) is 0 Å². The number of hydrogen-bond acceptors (Lipinski definition) is 2. The van der Waals surface area contributed by atoms with Crippen LogP contribution >= 0.6 is 0 Å². The third-order valence-electron chi connectivity index (χ3n) is 4.12. The van der Waals surface area contributed by atoms with E-state index >= 15 is 0 Å². The Labute approximate surface area is 150 Å². The van der Waals surface area contributed by atoms with Gasteiger partial charge >= 0.3 is 0 Å².